The lowest BCUT2D eigenvalue weighted by atomic mass is 10.1. The van der Waals surface area contributed by atoms with Gasteiger partial charge in [0.2, 0.25) is 0 Å². The van der Waals surface area contributed by atoms with Crippen LogP contribution in [0.3, 0.4) is 0 Å². The van der Waals surface area contributed by atoms with E-state index in [0.717, 1.165) is 10.5 Å². The van der Waals surface area contributed by atoms with E-state index >= 15 is 0 Å². The first kappa shape index (κ1) is 14.1. The molecule has 0 spiro atoms. The van der Waals surface area contributed by atoms with E-state index in [1.807, 2.05) is 32.9 Å². The molecule has 3 nitrogen and oxygen atoms in total. The van der Waals surface area contributed by atoms with Gasteiger partial charge in [0.1, 0.15) is 0 Å². The van der Waals surface area contributed by atoms with Crippen LogP contribution in [0.1, 0.15) is 29.8 Å². The van der Waals surface area contributed by atoms with Crippen molar-refractivity contribution in [2.24, 2.45) is 0 Å². The first-order valence-electron chi connectivity index (χ1n) is 5.74. The number of ether oxygens (including phenoxy) is 1. The van der Waals surface area contributed by atoms with E-state index < -0.39 is 0 Å². The van der Waals surface area contributed by atoms with Crippen molar-refractivity contribution in [3.63, 3.8) is 0 Å². The van der Waals surface area contributed by atoms with Crippen molar-refractivity contribution in [2.45, 2.75) is 31.8 Å². The SMILES string of the molecule is CCOC(C)CNC(=O)c1cc(S)ccc1C. The monoisotopic (exact) mass is 253 g/mol. The molecule has 0 radical (unpaired) electrons. The number of rotatable bonds is 5. The molecule has 0 aliphatic rings. The van der Waals surface area contributed by atoms with Gasteiger partial charge in [-0.2, -0.15) is 0 Å². The number of amides is 1. The second-order valence-electron chi connectivity index (χ2n) is 3.98. The summed E-state index contributed by atoms with van der Waals surface area (Å²) in [4.78, 5) is 12.7. The van der Waals surface area contributed by atoms with Crippen molar-refractivity contribution < 1.29 is 9.53 Å². The summed E-state index contributed by atoms with van der Waals surface area (Å²) in [5.74, 6) is -0.0787. The molecule has 0 saturated heterocycles. The Morgan fingerprint density at radius 1 is 1.53 bits per heavy atom. The fraction of sp³-hybridized carbons (Fsp3) is 0.462. The summed E-state index contributed by atoms with van der Waals surface area (Å²) >= 11 is 4.23. The maximum Gasteiger partial charge on any atom is 0.251 e. The molecule has 1 aromatic carbocycles. The molecule has 1 unspecified atom stereocenters. The highest BCUT2D eigenvalue weighted by Gasteiger charge is 2.10. The van der Waals surface area contributed by atoms with E-state index in [1.165, 1.54) is 0 Å². The van der Waals surface area contributed by atoms with Crippen LogP contribution in [0.15, 0.2) is 23.1 Å². The molecule has 0 bridgehead atoms. The number of hydrogen-bond donors (Lipinski definition) is 2. The Morgan fingerprint density at radius 3 is 2.88 bits per heavy atom. The van der Waals surface area contributed by atoms with Gasteiger partial charge in [0, 0.05) is 23.6 Å². The van der Waals surface area contributed by atoms with E-state index in [4.69, 9.17) is 4.74 Å². The van der Waals surface area contributed by atoms with Gasteiger partial charge >= 0.3 is 0 Å². The summed E-state index contributed by atoms with van der Waals surface area (Å²) in [6, 6.07) is 5.54. The Morgan fingerprint density at radius 2 is 2.24 bits per heavy atom. The predicted molar refractivity (Wildman–Crippen MR) is 71.9 cm³/mol. The van der Waals surface area contributed by atoms with Crippen LogP contribution in [0.2, 0.25) is 0 Å². The highest BCUT2D eigenvalue weighted by atomic mass is 32.1. The van der Waals surface area contributed by atoms with Crippen LogP contribution in [-0.4, -0.2) is 25.2 Å². The molecule has 0 aromatic heterocycles. The van der Waals surface area contributed by atoms with E-state index in [0.29, 0.717) is 18.7 Å². The molecule has 94 valence electrons. The third kappa shape index (κ3) is 4.40. The Balaban J connectivity index is 2.61. The van der Waals surface area contributed by atoms with Crippen molar-refractivity contribution in [2.75, 3.05) is 13.2 Å². The zero-order valence-electron chi connectivity index (χ0n) is 10.5. The first-order chi connectivity index (χ1) is 8.04. The molecule has 0 heterocycles. The molecule has 1 amide bonds. The average Bonchev–Trinajstić information content (AvgIpc) is 2.29. The van der Waals surface area contributed by atoms with Gasteiger partial charge in [-0.15, -0.1) is 12.6 Å². The van der Waals surface area contributed by atoms with Crippen LogP contribution in [0.4, 0.5) is 0 Å². The van der Waals surface area contributed by atoms with E-state index in [9.17, 15) is 4.79 Å². The first-order valence-corrected chi connectivity index (χ1v) is 6.18. The molecule has 1 rings (SSSR count). The topological polar surface area (TPSA) is 38.3 Å². The number of carbonyl (C=O) groups is 1. The van der Waals surface area contributed by atoms with Crippen LogP contribution in [0.25, 0.3) is 0 Å². The summed E-state index contributed by atoms with van der Waals surface area (Å²) in [6.07, 6.45) is 0.0310. The lowest BCUT2D eigenvalue weighted by Gasteiger charge is -2.13. The summed E-state index contributed by atoms with van der Waals surface area (Å²) in [5, 5.41) is 2.85. The molecule has 0 aliphatic carbocycles. The Bertz CT molecular complexity index is 393. The Hall–Kier alpha value is -1.00. The van der Waals surface area contributed by atoms with Crippen LogP contribution in [0.5, 0.6) is 0 Å². The third-order valence-electron chi connectivity index (χ3n) is 2.47. The lowest BCUT2D eigenvalue weighted by molar-refractivity contribution is 0.0695. The van der Waals surface area contributed by atoms with E-state index in [-0.39, 0.29) is 12.0 Å². The normalized spacial score (nSPS) is 12.2. The van der Waals surface area contributed by atoms with E-state index in [2.05, 4.69) is 17.9 Å². The minimum atomic E-state index is -0.0787. The van der Waals surface area contributed by atoms with Gasteiger partial charge in [0.05, 0.1) is 6.10 Å². The van der Waals surface area contributed by atoms with Crippen LogP contribution >= 0.6 is 12.6 Å². The zero-order valence-corrected chi connectivity index (χ0v) is 11.4. The van der Waals surface area contributed by atoms with Gasteiger partial charge in [-0.05, 0) is 38.5 Å². The highest BCUT2D eigenvalue weighted by Crippen LogP contribution is 2.13. The predicted octanol–water partition coefficient (Wildman–Crippen LogP) is 2.44. The summed E-state index contributed by atoms with van der Waals surface area (Å²) in [6.45, 7) is 6.96. The van der Waals surface area contributed by atoms with Crippen molar-refractivity contribution in [3.05, 3.63) is 29.3 Å². The smallest absolute Gasteiger partial charge is 0.251 e. The number of aryl methyl sites for hydroxylation is 1. The average molecular weight is 253 g/mol. The minimum absolute atomic E-state index is 0.0310. The van der Waals surface area contributed by atoms with Gasteiger partial charge in [-0.3, -0.25) is 4.79 Å². The molecule has 0 fully saturated rings. The second kappa shape index (κ2) is 6.67. The molecule has 0 saturated carbocycles. The molecular formula is C13H19NO2S. The van der Waals surface area contributed by atoms with Gasteiger partial charge in [0.25, 0.3) is 5.91 Å². The maximum atomic E-state index is 11.9. The number of thiol groups is 1. The number of hydrogen-bond acceptors (Lipinski definition) is 3. The van der Waals surface area contributed by atoms with E-state index in [1.54, 1.807) is 6.07 Å². The fourth-order valence-corrected chi connectivity index (χ4v) is 1.73. The molecular weight excluding hydrogens is 234 g/mol. The standard InChI is InChI=1S/C13H19NO2S/c1-4-16-10(3)8-14-13(15)12-7-11(17)6-5-9(12)2/h5-7,10,17H,4,8H2,1-3H3,(H,14,15). The number of nitrogens with one attached hydrogen (secondary N) is 1. The van der Waals surface area contributed by atoms with Gasteiger partial charge in [0.15, 0.2) is 0 Å². The largest absolute Gasteiger partial charge is 0.377 e. The van der Waals surface area contributed by atoms with Crippen molar-refractivity contribution in [3.8, 4) is 0 Å². The molecule has 1 atom stereocenters. The molecule has 4 heteroatoms. The molecule has 1 aromatic rings. The fourth-order valence-electron chi connectivity index (χ4n) is 1.53. The van der Waals surface area contributed by atoms with Gasteiger partial charge < -0.3 is 10.1 Å². The number of benzene rings is 1. The summed E-state index contributed by atoms with van der Waals surface area (Å²) in [5.41, 5.74) is 1.62. The summed E-state index contributed by atoms with van der Waals surface area (Å²) in [7, 11) is 0. The third-order valence-corrected chi connectivity index (χ3v) is 2.75. The molecule has 1 N–H and O–H groups in total. The number of carbonyl (C=O) groups excluding carboxylic acids is 1. The van der Waals surface area contributed by atoms with Gasteiger partial charge in [-0.25, -0.2) is 0 Å². The van der Waals surface area contributed by atoms with Crippen molar-refractivity contribution in [1.82, 2.24) is 5.32 Å². The highest BCUT2D eigenvalue weighted by molar-refractivity contribution is 7.80. The van der Waals surface area contributed by atoms with Crippen LogP contribution in [0, 0.1) is 6.92 Å². The Kier molecular flexibility index (Phi) is 5.51. The minimum Gasteiger partial charge on any atom is -0.377 e. The van der Waals surface area contributed by atoms with Crippen LogP contribution < -0.4 is 5.32 Å². The molecule has 17 heavy (non-hydrogen) atoms. The second-order valence-corrected chi connectivity index (χ2v) is 4.49. The van der Waals surface area contributed by atoms with Crippen LogP contribution in [-0.2, 0) is 4.74 Å². The van der Waals surface area contributed by atoms with Crippen molar-refractivity contribution in [1.29, 1.82) is 0 Å². The van der Waals surface area contributed by atoms with Gasteiger partial charge in [-0.1, -0.05) is 6.07 Å². The summed E-state index contributed by atoms with van der Waals surface area (Å²) < 4.78 is 5.35. The zero-order chi connectivity index (χ0) is 12.8. The Labute approximate surface area is 108 Å². The maximum absolute atomic E-state index is 11.9. The molecule has 0 aliphatic heterocycles. The van der Waals surface area contributed by atoms with Crippen molar-refractivity contribution >= 4 is 18.5 Å². The lowest BCUT2D eigenvalue weighted by Crippen LogP contribution is -2.32. The quantitative estimate of drug-likeness (QED) is 0.791.